The van der Waals surface area contributed by atoms with Crippen molar-refractivity contribution in [2.24, 2.45) is 0 Å². The molecule has 0 aliphatic carbocycles. The third-order valence-corrected chi connectivity index (χ3v) is 4.62. The van der Waals surface area contributed by atoms with Crippen molar-refractivity contribution in [3.05, 3.63) is 65.7 Å². The Labute approximate surface area is 164 Å². The molecule has 3 rings (SSSR count). The van der Waals surface area contributed by atoms with E-state index in [2.05, 4.69) is 0 Å². The molecule has 3 N–H and O–H groups in total. The zero-order chi connectivity index (χ0) is 19.9. The van der Waals surface area contributed by atoms with Crippen LogP contribution < -0.4 is 4.74 Å². The number of aliphatic hydroxyl groups is 3. The van der Waals surface area contributed by atoms with Crippen molar-refractivity contribution in [3.63, 3.8) is 0 Å². The van der Waals surface area contributed by atoms with Crippen molar-refractivity contribution in [2.45, 2.75) is 43.9 Å². The standard InChI is InChI=1S/C21H26O7/c1-25-21-20(24)19(23)18(22)17(28-21)13-26-11-15-7-9-16(10-8-15)27-12-14-5-3-2-4-6-14/h2-10,17-24H,11-13H2,1H3/t17-,18-,19+,20-,21-/m1/s1. The molecule has 0 spiro atoms. The van der Waals surface area contributed by atoms with E-state index < -0.39 is 30.7 Å². The summed E-state index contributed by atoms with van der Waals surface area (Å²) in [5.74, 6) is 0.763. The van der Waals surface area contributed by atoms with E-state index in [-0.39, 0.29) is 6.61 Å². The van der Waals surface area contributed by atoms with Crippen molar-refractivity contribution in [1.29, 1.82) is 0 Å². The molecule has 2 aromatic rings. The van der Waals surface area contributed by atoms with Crippen LogP contribution in [0.1, 0.15) is 11.1 Å². The first-order chi connectivity index (χ1) is 13.6. The van der Waals surface area contributed by atoms with E-state index in [1.54, 1.807) is 0 Å². The molecule has 28 heavy (non-hydrogen) atoms. The van der Waals surface area contributed by atoms with Gasteiger partial charge in [-0.3, -0.25) is 0 Å². The molecule has 0 saturated carbocycles. The van der Waals surface area contributed by atoms with Crippen LogP contribution in [0.15, 0.2) is 54.6 Å². The first-order valence-corrected chi connectivity index (χ1v) is 9.14. The van der Waals surface area contributed by atoms with Gasteiger partial charge in [-0.2, -0.15) is 0 Å². The minimum atomic E-state index is -1.35. The van der Waals surface area contributed by atoms with Crippen molar-refractivity contribution < 1.29 is 34.3 Å². The van der Waals surface area contributed by atoms with Crippen LogP contribution in [0, 0.1) is 0 Å². The highest BCUT2D eigenvalue weighted by Gasteiger charge is 2.43. The van der Waals surface area contributed by atoms with Gasteiger partial charge in [0.2, 0.25) is 0 Å². The minimum absolute atomic E-state index is 0.0526. The predicted molar refractivity (Wildman–Crippen MR) is 101 cm³/mol. The second-order valence-electron chi connectivity index (χ2n) is 6.68. The van der Waals surface area contributed by atoms with E-state index in [0.29, 0.717) is 13.2 Å². The van der Waals surface area contributed by atoms with Crippen LogP contribution in [0.4, 0.5) is 0 Å². The van der Waals surface area contributed by atoms with Gasteiger partial charge in [0.05, 0.1) is 13.2 Å². The molecule has 152 valence electrons. The number of benzene rings is 2. The van der Waals surface area contributed by atoms with E-state index in [4.69, 9.17) is 18.9 Å². The van der Waals surface area contributed by atoms with Crippen molar-refractivity contribution >= 4 is 0 Å². The molecule has 1 heterocycles. The monoisotopic (exact) mass is 390 g/mol. The van der Waals surface area contributed by atoms with Crippen molar-refractivity contribution in [2.75, 3.05) is 13.7 Å². The molecule has 0 unspecified atom stereocenters. The zero-order valence-corrected chi connectivity index (χ0v) is 15.7. The summed E-state index contributed by atoms with van der Waals surface area (Å²) in [6.45, 7) is 0.862. The normalized spacial score (nSPS) is 27.5. The maximum atomic E-state index is 10.0. The molecule has 1 aliphatic heterocycles. The van der Waals surface area contributed by atoms with Gasteiger partial charge in [-0.1, -0.05) is 42.5 Å². The largest absolute Gasteiger partial charge is 0.489 e. The highest BCUT2D eigenvalue weighted by molar-refractivity contribution is 5.27. The maximum absolute atomic E-state index is 10.0. The summed E-state index contributed by atoms with van der Waals surface area (Å²) in [7, 11) is 1.36. The Morgan fingerprint density at radius 1 is 0.821 bits per heavy atom. The predicted octanol–water partition coefficient (Wildman–Crippen LogP) is 1.24. The quantitative estimate of drug-likeness (QED) is 0.624. The second kappa shape index (κ2) is 9.97. The third kappa shape index (κ3) is 5.29. The zero-order valence-electron chi connectivity index (χ0n) is 15.7. The van der Waals surface area contributed by atoms with Gasteiger partial charge in [-0.05, 0) is 23.3 Å². The average molecular weight is 390 g/mol. The van der Waals surface area contributed by atoms with Gasteiger partial charge in [0.25, 0.3) is 0 Å². The summed E-state index contributed by atoms with van der Waals surface area (Å²) in [6.07, 6.45) is -5.71. The molecule has 7 heteroatoms. The number of ether oxygens (including phenoxy) is 4. The van der Waals surface area contributed by atoms with Gasteiger partial charge in [0.15, 0.2) is 6.29 Å². The summed E-state index contributed by atoms with van der Waals surface area (Å²) in [5, 5.41) is 29.6. The van der Waals surface area contributed by atoms with Gasteiger partial charge in [-0.15, -0.1) is 0 Å². The molecule has 1 aliphatic rings. The summed E-state index contributed by atoms with van der Waals surface area (Å²) < 4.78 is 21.8. The average Bonchev–Trinajstić information content (AvgIpc) is 2.74. The molecular weight excluding hydrogens is 364 g/mol. The number of hydrogen-bond acceptors (Lipinski definition) is 7. The topological polar surface area (TPSA) is 97.6 Å². The van der Waals surface area contributed by atoms with E-state index in [9.17, 15) is 15.3 Å². The van der Waals surface area contributed by atoms with E-state index >= 15 is 0 Å². The number of rotatable bonds is 8. The van der Waals surface area contributed by atoms with Crippen molar-refractivity contribution in [3.8, 4) is 5.75 Å². The number of hydrogen-bond donors (Lipinski definition) is 3. The fourth-order valence-corrected chi connectivity index (χ4v) is 2.96. The molecule has 1 saturated heterocycles. The molecular formula is C21H26O7. The first kappa shape index (κ1) is 20.7. The Kier molecular flexibility index (Phi) is 7.38. The molecule has 5 atom stereocenters. The van der Waals surface area contributed by atoms with Crippen LogP contribution in [-0.4, -0.2) is 59.7 Å². The van der Waals surface area contributed by atoms with Crippen LogP contribution >= 0.6 is 0 Å². The van der Waals surface area contributed by atoms with E-state index in [1.807, 2.05) is 54.6 Å². The van der Waals surface area contributed by atoms with Crippen LogP contribution in [0.25, 0.3) is 0 Å². The number of methoxy groups -OCH3 is 1. The highest BCUT2D eigenvalue weighted by Crippen LogP contribution is 2.22. The maximum Gasteiger partial charge on any atom is 0.186 e. The highest BCUT2D eigenvalue weighted by atomic mass is 16.7. The van der Waals surface area contributed by atoms with Crippen LogP contribution in [0.3, 0.4) is 0 Å². The molecule has 0 bridgehead atoms. The van der Waals surface area contributed by atoms with Crippen LogP contribution in [-0.2, 0) is 27.4 Å². The summed E-state index contributed by atoms with van der Waals surface area (Å²) in [6, 6.07) is 17.5. The molecule has 2 aromatic carbocycles. The molecule has 0 radical (unpaired) electrons. The molecule has 0 amide bonds. The third-order valence-electron chi connectivity index (χ3n) is 4.62. The second-order valence-corrected chi connectivity index (χ2v) is 6.68. The fourth-order valence-electron chi connectivity index (χ4n) is 2.96. The van der Waals surface area contributed by atoms with E-state index in [0.717, 1.165) is 16.9 Å². The van der Waals surface area contributed by atoms with Crippen molar-refractivity contribution in [1.82, 2.24) is 0 Å². The summed E-state index contributed by atoms with van der Waals surface area (Å²) >= 11 is 0. The Balaban J connectivity index is 1.44. The lowest BCUT2D eigenvalue weighted by atomic mass is 9.99. The molecule has 0 aromatic heterocycles. The fraction of sp³-hybridized carbons (Fsp3) is 0.429. The van der Waals surface area contributed by atoms with Gasteiger partial charge >= 0.3 is 0 Å². The van der Waals surface area contributed by atoms with Gasteiger partial charge < -0.3 is 34.3 Å². The lowest BCUT2D eigenvalue weighted by molar-refractivity contribution is -0.296. The Morgan fingerprint density at radius 2 is 1.50 bits per heavy atom. The summed E-state index contributed by atoms with van der Waals surface area (Å²) in [5.41, 5.74) is 2.03. The van der Waals surface area contributed by atoms with Gasteiger partial charge in [0.1, 0.15) is 36.8 Å². The number of aliphatic hydroxyl groups excluding tert-OH is 3. The first-order valence-electron chi connectivity index (χ1n) is 9.14. The SMILES string of the molecule is CO[C@@H]1O[C@H](COCc2ccc(OCc3ccccc3)cc2)[C@@H](O)[C@H](O)[C@H]1O. The van der Waals surface area contributed by atoms with E-state index in [1.165, 1.54) is 7.11 Å². The minimum Gasteiger partial charge on any atom is -0.489 e. The lowest BCUT2D eigenvalue weighted by Gasteiger charge is -2.39. The molecule has 1 fully saturated rings. The van der Waals surface area contributed by atoms with Gasteiger partial charge in [-0.25, -0.2) is 0 Å². The van der Waals surface area contributed by atoms with Crippen LogP contribution in [0.2, 0.25) is 0 Å². The Hall–Kier alpha value is -2.00. The van der Waals surface area contributed by atoms with Gasteiger partial charge in [0, 0.05) is 7.11 Å². The smallest absolute Gasteiger partial charge is 0.186 e. The Bertz CT molecular complexity index is 704. The molecule has 7 nitrogen and oxygen atoms in total. The Morgan fingerprint density at radius 3 is 2.18 bits per heavy atom. The summed E-state index contributed by atoms with van der Waals surface area (Å²) in [4.78, 5) is 0. The van der Waals surface area contributed by atoms with Crippen LogP contribution in [0.5, 0.6) is 5.75 Å². The lowest BCUT2D eigenvalue weighted by Crippen LogP contribution is -2.59.